The maximum Gasteiger partial charge on any atom is 0.416 e. The second-order valence-corrected chi connectivity index (χ2v) is 5.98. The normalized spacial score (nSPS) is 32.9. The fraction of sp³-hybridized carbons (Fsp3) is 0.429. The summed E-state index contributed by atoms with van der Waals surface area (Å²) in [5.74, 6) is 0. The van der Waals surface area contributed by atoms with Crippen LogP contribution >= 0.6 is 10.2 Å². The summed E-state index contributed by atoms with van der Waals surface area (Å²) < 4.78 is 104. The lowest BCUT2D eigenvalue weighted by Gasteiger charge is -2.43. The van der Waals surface area contributed by atoms with Crippen molar-refractivity contribution in [3.63, 3.8) is 0 Å². The van der Waals surface area contributed by atoms with E-state index in [4.69, 9.17) is 0 Å². The number of alkyl halides is 3. The number of hydrogen-bond acceptors (Lipinski definition) is 1. The van der Waals surface area contributed by atoms with Gasteiger partial charge in [0.05, 0.1) is 5.57 Å². The quantitative estimate of drug-likeness (QED) is 0.512. The number of fused-ring (bicyclic) bond motifs is 2. The largest absolute Gasteiger partial charge is 0.416 e. The summed E-state index contributed by atoms with van der Waals surface area (Å²) in [6.45, 7) is 0. The van der Waals surface area contributed by atoms with Gasteiger partial charge >= 0.3 is 16.4 Å². The van der Waals surface area contributed by atoms with Crippen LogP contribution < -0.4 is 0 Å². The Hall–Kier alpha value is -0.770. The van der Waals surface area contributed by atoms with Gasteiger partial charge in [-0.3, -0.25) is 0 Å². The molecule has 0 saturated heterocycles. The third-order valence-electron chi connectivity index (χ3n) is 2.28. The van der Waals surface area contributed by atoms with Crippen molar-refractivity contribution in [2.24, 2.45) is 0 Å². The minimum Gasteiger partial charge on any atom is -0.356 e. The van der Waals surface area contributed by atoms with Gasteiger partial charge in [-0.1, -0.05) is 31.6 Å². The van der Waals surface area contributed by atoms with Gasteiger partial charge in [-0.15, -0.1) is 0 Å². The van der Waals surface area contributed by atoms with Crippen LogP contribution in [0, 0.1) is 0 Å². The number of halogens is 8. The lowest BCUT2D eigenvalue weighted by Crippen LogP contribution is -2.26. The zero-order valence-electron chi connectivity index (χ0n) is 7.65. The molecule has 1 nitrogen and oxygen atoms in total. The second kappa shape index (κ2) is 2.48. The van der Waals surface area contributed by atoms with Crippen LogP contribution in [0.15, 0.2) is 22.6 Å². The van der Waals surface area contributed by atoms with Crippen molar-refractivity contribution >= 4 is 10.2 Å². The highest BCUT2D eigenvalue weighted by Crippen LogP contribution is 3.03. The number of hydrogen-bond donors (Lipinski definition) is 0. The van der Waals surface area contributed by atoms with E-state index in [9.17, 15) is 32.6 Å². The molecule has 0 radical (unpaired) electrons. The standard InChI is InChI=1S/C7H4F8OS/c8-7(9,10)5-3-1-2-4(16-3)6(5)17(11,12,13,14)15/h1-4H. The smallest absolute Gasteiger partial charge is 0.356 e. The minimum absolute atomic E-state index is 0.549. The Morgan fingerprint density at radius 1 is 0.941 bits per heavy atom. The van der Waals surface area contributed by atoms with Crippen molar-refractivity contribution < 1.29 is 37.3 Å². The Morgan fingerprint density at radius 2 is 1.41 bits per heavy atom. The molecule has 2 aliphatic heterocycles. The van der Waals surface area contributed by atoms with E-state index in [1.807, 2.05) is 0 Å². The van der Waals surface area contributed by atoms with E-state index in [2.05, 4.69) is 4.74 Å². The van der Waals surface area contributed by atoms with Gasteiger partial charge in [0.15, 0.2) is 0 Å². The Balaban J connectivity index is 2.70. The van der Waals surface area contributed by atoms with Crippen LogP contribution in [0.4, 0.5) is 32.6 Å². The highest BCUT2D eigenvalue weighted by atomic mass is 32.5. The first-order valence-electron chi connectivity index (χ1n) is 4.09. The van der Waals surface area contributed by atoms with Crippen LogP contribution in [-0.2, 0) is 4.74 Å². The first-order chi connectivity index (χ1) is 7.20. The summed E-state index contributed by atoms with van der Waals surface area (Å²) in [6, 6.07) is 0. The average Bonchev–Trinajstić information content (AvgIpc) is 2.53. The third kappa shape index (κ3) is 2.03. The molecule has 0 amide bonds. The predicted molar refractivity (Wildman–Crippen MR) is 44.0 cm³/mol. The summed E-state index contributed by atoms with van der Waals surface area (Å²) in [7, 11) is -10.4. The molecule has 0 aromatic heterocycles. The molecule has 0 fully saturated rings. The van der Waals surface area contributed by atoms with Gasteiger partial charge in [0.1, 0.15) is 17.1 Å². The second-order valence-electron chi connectivity index (χ2n) is 3.61. The highest BCUT2D eigenvalue weighted by molar-refractivity contribution is 8.48. The molecule has 0 aliphatic carbocycles. The van der Waals surface area contributed by atoms with E-state index in [1.54, 1.807) is 0 Å². The lowest BCUT2D eigenvalue weighted by molar-refractivity contribution is -0.101. The Labute approximate surface area is 89.4 Å². The first-order valence-corrected chi connectivity index (χ1v) is 6.04. The maximum atomic E-state index is 12.5. The Bertz CT molecular complexity index is 440. The average molecular weight is 288 g/mol. The predicted octanol–water partition coefficient (Wildman–Crippen LogP) is 4.44. The molecule has 0 N–H and O–H groups in total. The van der Waals surface area contributed by atoms with Crippen LogP contribution in [0.1, 0.15) is 0 Å². The van der Waals surface area contributed by atoms with Crippen molar-refractivity contribution in [1.29, 1.82) is 0 Å². The van der Waals surface area contributed by atoms with Crippen LogP contribution in [0.5, 0.6) is 0 Å². The monoisotopic (exact) mass is 288 g/mol. The molecule has 10 heteroatoms. The number of ether oxygens (including phenoxy) is 1. The summed E-state index contributed by atoms with van der Waals surface area (Å²) in [5.41, 5.74) is -2.34. The zero-order valence-corrected chi connectivity index (χ0v) is 8.47. The summed E-state index contributed by atoms with van der Waals surface area (Å²) in [5, 5.41) is 0. The van der Waals surface area contributed by atoms with Crippen LogP contribution in [0.25, 0.3) is 0 Å². The van der Waals surface area contributed by atoms with Gasteiger partial charge in [0.25, 0.3) is 0 Å². The van der Waals surface area contributed by atoms with E-state index in [0.717, 1.165) is 0 Å². The van der Waals surface area contributed by atoms with Crippen molar-refractivity contribution in [2.75, 3.05) is 0 Å². The van der Waals surface area contributed by atoms with Gasteiger partial charge < -0.3 is 4.74 Å². The van der Waals surface area contributed by atoms with Crippen molar-refractivity contribution in [2.45, 2.75) is 18.4 Å². The van der Waals surface area contributed by atoms with Gasteiger partial charge in [-0.25, -0.2) is 0 Å². The zero-order chi connectivity index (χ0) is 13.3. The van der Waals surface area contributed by atoms with Gasteiger partial charge in [-0.2, -0.15) is 13.2 Å². The molecule has 2 rings (SSSR count). The molecule has 0 aromatic carbocycles. The van der Waals surface area contributed by atoms with E-state index in [1.165, 1.54) is 0 Å². The van der Waals surface area contributed by atoms with E-state index in [-0.39, 0.29) is 0 Å². The molecule has 2 atom stereocenters. The molecule has 0 aromatic rings. The van der Waals surface area contributed by atoms with Crippen LogP contribution in [0.3, 0.4) is 0 Å². The SMILES string of the molecule is FC(F)(F)C1=C(S(F)(F)(F)(F)F)C2C=CC1O2. The van der Waals surface area contributed by atoms with Crippen molar-refractivity contribution in [1.82, 2.24) is 0 Å². The molecular formula is C7H4F8OS. The molecule has 100 valence electrons. The maximum absolute atomic E-state index is 12.5. The van der Waals surface area contributed by atoms with E-state index < -0.39 is 39.1 Å². The molecule has 2 heterocycles. The lowest BCUT2D eigenvalue weighted by atomic mass is 10.1. The molecule has 17 heavy (non-hydrogen) atoms. The number of rotatable bonds is 1. The van der Waals surface area contributed by atoms with Gasteiger partial charge in [-0.05, 0) is 0 Å². The Kier molecular flexibility index (Phi) is 1.85. The van der Waals surface area contributed by atoms with Crippen LogP contribution in [-0.4, -0.2) is 18.4 Å². The highest BCUT2D eigenvalue weighted by Gasteiger charge is 2.74. The first kappa shape index (κ1) is 12.7. The van der Waals surface area contributed by atoms with E-state index >= 15 is 0 Å². The fourth-order valence-corrected chi connectivity index (χ4v) is 3.01. The van der Waals surface area contributed by atoms with Gasteiger partial charge in [0, 0.05) is 0 Å². The minimum atomic E-state index is -10.4. The fourth-order valence-electron chi connectivity index (χ4n) is 1.79. The molecule has 2 unspecified atom stereocenters. The van der Waals surface area contributed by atoms with Crippen LogP contribution in [0.2, 0.25) is 0 Å². The summed E-state index contributed by atoms with van der Waals surface area (Å²) >= 11 is 0. The molecule has 0 saturated carbocycles. The topological polar surface area (TPSA) is 9.23 Å². The molecule has 2 aliphatic rings. The molecular weight excluding hydrogens is 284 g/mol. The summed E-state index contributed by atoms with van der Waals surface area (Å²) in [4.78, 5) is -2.87. The van der Waals surface area contributed by atoms with Gasteiger partial charge in [0.2, 0.25) is 0 Å². The molecule has 0 spiro atoms. The summed E-state index contributed by atoms with van der Waals surface area (Å²) in [6.07, 6.45) is -8.74. The van der Waals surface area contributed by atoms with E-state index in [0.29, 0.717) is 12.2 Å². The van der Waals surface area contributed by atoms with Crippen molar-refractivity contribution in [3.05, 3.63) is 22.6 Å². The third-order valence-corrected chi connectivity index (χ3v) is 3.57. The molecule has 2 bridgehead atoms. The Morgan fingerprint density at radius 3 is 1.76 bits per heavy atom. The van der Waals surface area contributed by atoms with Crippen molar-refractivity contribution in [3.8, 4) is 0 Å².